The van der Waals surface area contributed by atoms with E-state index in [1.54, 1.807) is 30.3 Å². The maximum atomic E-state index is 16.9. The van der Waals surface area contributed by atoms with E-state index in [0.29, 0.717) is 35.6 Å². The van der Waals surface area contributed by atoms with Gasteiger partial charge in [0.25, 0.3) is 5.91 Å². The maximum Gasteiger partial charge on any atom is 0.257 e. The van der Waals surface area contributed by atoms with Crippen LogP contribution in [0.5, 0.6) is 0 Å². The van der Waals surface area contributed by atoms with Gasteiger partial charge in [-0.15, -0.1) is 0 Å². The van der Waals surface area contributed by atoms with Gasteiger partial charge >= 0.3 is 0 Å². The third kappa shape index (κ3) is 5.27. The number of piperidine rings is 1. The first-order valence-electron chi connectivity index (χ1n) is 15.0. The number of benzene rings is 2. The van der Waals surface area contributed by atoms with Crippen molar-refractivity contribution in [3.63, 3.8) is 0 Å². The molecule has 44 heavy (non-hydrogen) atoms. The number of aliphatic hydroxyl groups is 1. The van der Waals surface area contributed by atoms with E-state index in [4.69, 9.17) is 21.1 Å². The molecule has 3 aliphatic heterocycles. The molecule has 2 fully saturated rings. The summed E-state index contributed by atoms with van der Waals surface area (Å²) in [5, 5.41) is 21.8. The Labute approximate surface area is 261 Å². The second kappa shape index (κ2) is 12.1. The monoisotopic (exact) mass is 619 g/mol. The van der Waals surface area contributed by atoms with E-state index in [1.165, 1.54) is 23.4 Å². The highest BCUT2D eigenvalue weighted by Gasteiger charge is 2.56. The quantitative estimate of drug-likeness (QED) is 0.385. The summed E-state index contributed by atoms with van der Waals surface area (Å²) in [7, 11) is 2.05. The van der Waals surface area contributed by atoms with Gasteiger partial charge in [-0.1, -0.05) is 30.7 Å². The van der Waals surface area contributed by atoms with E-state index >= 15 is 4.39 Å². The lowest BCUT2D eigenvalue weighted by atomic mass is 9.73. The van der Waals surface area contributed by atoms with Gasteiger partial charge in [0.2, 0.25) is 5.72 Å². The summed E-state index contributed by atoms with van der Waals surface area (Å²) < 4.78 is 29.3. The molecule has 9 nitrogen and oxygen atoms in total. The number of aromatic nitrogens is 2. The number of rotatable bonds is 8. The molecule has 1 aromatic heterocycles. The van der Waals surface area contributed by atoms with Crippen molar-refractivity contribution in [3.05, 3.63) is 93.3 Å². The molecule has 0 unspecified atom stereocenters. The van der Waals surface area contributed by atoms with Gasteiger partial charge in [0.05, 0.1) is 41.5 Å². The van der Waals surface area contributed by atoms with Crippen molar-refractivity contribution in [2.45, 2.75) is 56.6 Å². The average Bonchev–Trinajstić information content (AvgIpc) is 3.63. The number of amides is 1. The smallest absolute Gasteiger partial charge is 0.257 e. The fourth-order valence-electron chi connectivity index (χ4n) is 6.84. The molecule has 0 aliphatic carbocycles. The lowest BCUT2D eigenvalue weighted by molar-refractivity contribution is -0.149. The van der Waals surface area contributed by atoms with Gasteiger partial charge in [0, 0.05) is 29.6 Å². The summed E-state index contributed by atoms with van der Waals surface area (Å²) in [5.41, 5.74) is -1.68. The first-order valence-corrected chi connectivity index (χ1v) is 15.4. The first-order chi connectivity index (χ1) is 21.2. The zero-order valence-electron chi connectivity index (χ0n) is 24.8. The van der Waals surface area contributed by atoms with Crippen LogP contribution in [0.2, 0.25) is 5.02 Å². The molecule has 3 atom stereocenters. The fraction of sp³-hybridized carbons (Fsp3) is 0.455. The lowest BCUT2D eigenvalue weighted by Gasteiger charge is -2.41. The van der Waals surface area contributed by atoms with Gasteiger partial charge in [-0.2, -0.15) is 5.26 Å². The summed E-state index contributed by atoms with van der Waals surface area (Å²) in [4.78, 5) is 26.8. The van der Waals surface area contributed by atoms with E-state index in [9.17, 15) is 15.2 Å². The molecule has 2 saturated heterocycles. The van der Waals surface area contributed by atoms with Gasteiger partial charge in [0.1, 0.15) is 17.7 Å². The molecule has 1 N–H and O–H groups in total. The molecule has 0 bridgehead atoms. The number of carbonyl (C=O) groups excluding carboxylic acids is 1. The zero-order chi connectivity index (χ0) is 31.1. The van der Waals surface area contributed by atoms with Crippen molar-refractivity contribution >= 4 is 17.5 Å². The molecule has 3 aliphatic rings. The predicted molar refractivity (Wildman–Crippen MR) is 160 cm³/mol. The second-order valence-corrected chi connectivity index (χ2v) is 12.3. The molecular weight excluding hydrogens is 585 g/mol. The Bertz CT molecular complexity index is 1570. The molecule has 1 amide bonds. The summed E-state index contributed by atoms with van der Waals surface area (Å²) in [6, 6.07) is 11.8. The Morgan fingerprint density at radius 3 is 2.52 bits per heavy atom. The highest BCUT2D eigenvalue weighted by atomic mass is 35.5. The van der Waals surface area contributed by atoms with Crippen LogP contribution in [-0.2, 0) is 27.3 Å². The molecule has 0 spiro atoms. The number of hydrogen-bond donors (Lipinski definition) is 1. The Morgan fingerprint density at radius 2 is 1.91 bits per heavy atom. The van der Waals surface area contributed by atoms with Crippen LogP contribution in [0, 0.1) is 23.1 Å². The molecule has 2 aromatic carbocycles. The third-order valence-electron chi connectivity index (χ3n) is 9.31. The number of nitriles is 1. The average molecular weight is 620 g/mol. The van der Waals surface area contributed by atoms with Gasteiger partial charge in [0.15, 0.2) is 0 Å². The minimum Gasteiger partial charge on any atom is -0.385 e. The number of likely N-dealkylation sites (tertiary alicyclic amines) is 1. The minimum atomic E-state index is -1.70. The van der Waals surface area contributed by atoms with E-state index in [2.05, 4.69) is 14.9 Å². The highest BCUT2D eigenvalue weighted by molar-refractivity contribution is 6.30. The summed E-state index contributed by atoms with van der Waals surface area (Å²) in [6.07, 6.45) is 4.78. The highest BCUT2D eigenvalue weighted by Crippen LogP contribution is 2.50. The summed E-state index contributed by atoms with van der Waals surface area (Å²) in [6.45, 7) is 4.18. The SMILES string of the molecule is CC[C@@](O)(c1cc(F)c2c(c1)C(=O)N(Cc1ncc(C#N)cn1)[C@@]2(O[C@H]1CCOC1)c1ccc(Cl)cc1)C1CCN(C)CC1. The van der Waals surface area contributed by atoms with Crippen molar-refractivity contribution in [1.29, 1.82) is 5.26 Å². The number of fused-ring (bicyclic) bond motifs is 1. The Balaban J connectivity index is 1.53. The minimum absolute atomic E-state index is 0.0657. The Morgan fingerprint density at radius 1 is 1.20 bits per heavy atom. The predicted octanol–water partition coefficient (Wildman–Crippen LogP) is 4.74. The molecule has 3 aromatic rings. The van der Waals surface area contributed by atoms with Gasteiger partial charge in [-0.3, -0.25) is 9.69 Å². The van der Waals surface area contributed by atoms with Crippen LogP contribution in [0.3, 0.4) is 0 Å². The van der Waals surface area contributed by atoms with Crippen LogP contribution in [0.1, 0.15) is 71.0 Å². The van der Waals surface area contributed by atoms with Crippen LogP contribution >= 0.6 is 11.6 Å². The molecule has 11 heteroatoms. The van der Waals surface area contributed by atoms with Gasteiger partial charge < -0.3 is 19.5 Å². The van der Waals surface area contributed by atoms with Crippen LogP contribution in [0.25, 0.3) is 0 Å². The molecule has 0 saturated carbocycles. The number of hydrogen-bond acceptors (Lipinski definition) is 8. The lowest BCUT2D eigenvalue weighted by Crippen LogP contribution is -2.49. The number of halogens is 2. The van der Waals surface area contributed by atoms with E-state index in [-0.39, 0.29) is 41.6 Å². The van der Waals surface area contributed by atoms with E-state index in [1.807, 2.05) is 20.0 Å². The van der Waals surface area contributed by atoms with E-state index < -0.39 is 29.2 Å². The van der Waals surface area contributed by atoms with Crippen molar-refractivity contribution in [2.75, 3.05) is 33.4 Å². The third-order valence-corrected chi connectivity index (χ3v) is 9.56. The van der Waals surface area contributed by atoms with Crippen LogP contribution in [0.15, 0.2) is 48.8 Å². The first kappa shape index (κ1) is 30.6. The van der Waals surface area contributed by atoms with Gasteiger partial charge in [-0.05, 0) is 81.6 Å². The Hall–Kier alpha value is -3.46. The zero-order valence-corrected chi connectivity index (χ0v) is 25.6. The number of nitrogens with zero attached hydrogens (tertiary/aromatic N) is 5. The number of ether oxygens (including phenoxy) is 2. The van der Waals surface area contributed by atoms with Crippen molar-refractivity contribution in [2.24, 2.45) is 5.92 Å². The second-order valence-electron chi connectivity index (χ2n) is 11.9. The van der Waals surface area contributed by atoms with Crippen molar-refractivity contribution in [3.8, 4) is 6.07 Å². The topological polar surface area (TPSA) is 112 Å². The van der Waals surface area contributed by atoms with E-state index in [0.717, 1.165) is 25.9 Å². The molecule has 0 radical (unpaired) electrons. The standard InChI is InChI=1S/C33H35ClFN5O4/c1-3-32(42,22-8-11-39(2)12-9-22)24-14-27-30(28(35)15-24)33(44-26-10-13-43-20-26,23-4-6-25(34)7-5-23)40(31(27)41)19-29-37-17-21(16-36)18-38-29/h4-7,14-15,17-18,22,26,42H,3,8-13,19-20H2,1-2H3/t26-,32-,33+/m0/s1. The van der Waals surface area contributed by atoms with Crippen molar-refractivity contribution in [1.82, 2.24) is 19.8 Å². The fourth-order valence-corrected chi connectivity index (χ4v) is 6.97. The Kier molecular flexibility index (Phi) is 8.44. The van der Waals surface area contributed by atoms with Crippen molar-refractivity contribution < 1.29 is 23.8 Å². The van der Waals surface area contributed by atoms with Crippen LogP contribution in [0.4, 0.5) is 4.39 Å². The molecule has 6 rings (SSSR count). The maximum absolute atomic E-state index is 16.9. The number of carbonyl (C=O) groups is 1. The summed E-state index contributed by atoms with van der Waals surface area (Å²) in [5.74, 6) is -0.965. The largest absolute Gasteiger partial charge is 0.385 e. The van der Waals surface area contributed by atoms with Gasteiger partial charge in [-0.25, -0.2) is 14.4 Å². The molecule has 230 valence electrons. The van der Waals surface area contributed by atoms with Crippen LogP contribution in [-0.4, -0.2) is 70.2 Å². The molecular formula is C33H35ClFN5O4. The normalized spacial score (nSPS) is 23.9. The molecule has 4 heterocycles. The van der Waals surface area contributed by atoms with Crippen LogP contribution < -0.4 is 0 Å². The summed E-state index contributed by atoms with van der Waals surface area (Å²) >= 11 is 6.27.